The lowest BCUT2D eigenvalue weighted by molar-refractivity contribution is 0.0689. The van der Waals surface area contributed by atoms with Gasteiger partial charge < -0.3 is 5.11 Å². The van der Waals surface area contributed by atoms with Crippen LogP contribution >= 0.6 is 11.3 Å². The molecule has 0 aliphatic carbocycles. The van der Waals surface area contributed by atoms with Crippen LogP contribution in [0.4, 0.5) is 0 Å². The Labute approximate surface area is 109 Å². The number of hydrogen-bond acceptors (Lipinski definition) is 4. The number of aromatic carboxylic acids is 1. The predicted octanol–water partition coefficient (Wildman–Crippen LogP) is 2.28. The maximum Gasteiger partial charge on any atom is 0.358 e. The summed E-state index contributed by atoms with van der Waals surface area (Å²) in [6.07, 6.45) is 0.568. The van der Waals surface area contributed by atoms with Crippen molar-refractivity contribution in [3.05, 3.63) is 33.8 Å². The SMILES string of the molecule is CC(C)Cn1nnc(C(=O)O)c1Cc1cccs1. The summed E-state index contributed by atoms with van der Waals surface area (Å²) in [6, 6.07) is 3.94. The van der Waals surface area contributed by atoms with Gasteiger partial charge in [0.2, 0.25) is 0 Å². The number of hydrogen-bond donors (Lipinski definition) is 1. The van der Waals surface area contributed by atoms with E-state index in [4.69, 9.17) is 5.11 Å². The molecule has 0 saturated carbocycles. The standard InChI is InChI=1S/C12H15N3O2S/c1-8(2)7-15-10(6-9-4-3-5-18-9)11(12(16)17)13-14-15/h3-5,8H,6-7H2,1-2H3,(H,16,17). The lowest BCUT2D eigenvalue weighted by Crippen LogP contribution is -2.12. The molecule has 0 spiro atoms. The molecule has 0 saturated heterocycles. The minimum absolute atomic E-state index is 0.0593. The number of rotatable bonds is 5. The molecular weight excluding hydrogens is 250 g/mol. The third-order valence-electron chi connectivity index (χ3n) is 2.50. The fraction of sp³-hybridized carbons (Fsp3) is 0.417. The van der Waals surface area contributed by atoms with Crippen LogP contribution in [-0.4, -0.2) is 26.1 Å². The summed E-state index contributed by atoms with van der Waals surface area (Å²) in [7, 11) is 0. The van der Waals surface area contributed by atoms with Crippen LogP contribution in [-0.2, 0) is 13.0 Å². The minimum Gasteiger partial charge on any atom is -0.476 e. The van der Waals surface area contributed by atoms with Gasteiger partial charge in [-0.1, -0.05) is 25.1 Å². The van der Waals surface area contributed by atoms with Crippen molar-refractivity contribution in [1.82, 2.24) is 15.0 Å². The van der Waals surface area contributed by atoms with E-state index in [9.17, 15) is 4.79 Å². The van der Waals surface area contributed by atoms with Gasteiger partial charge in [0.15, 0.2) is 5.69 Å². The van der Waals surface area contributed by atoms with Crippen LogP contribution in [0.15, 0.2) is 17.5 Å². The van der Waals surface area contributed by atoms with Crippen molar-refractivity contribution in [2.24, 2.45) is 5.92 Å². The van der Waals surface area contributed by atoms with E-state index in [1.165, 1.54) is 0 Å². The number of aromatic nitrogens is 3. The Bertz CT molecular complexity index is 532. The van der Waals surface area contributed by atoms with Gasteiger partial charge in [-0.15, -0.1) is 16.4 Å². The molecule has 96 valence electrons. The van der Waals surface area contributed by atoms with Gasteiger partial charge in [-0.05, 0) is 17.4 Å². The minimum atomic E-state index is -1.02. The van der Waals surface area contributed by atoms with E-state index in [-0.39, 0.29) is 5.69 Å². The molecule has 0 radical (unpaired) electrons. The Kier molecular flexibility index (Phi) is 3.76. The first kappa shape index (κ1) is 12.8. The smallest absolute Gasteiger partial charge is 0.358 e. The van der Waals surface area contributed by atoms with E-state index < -0.39 is 5.97 Å². The number of carbonyl (C=O) groups is 1. The van der Waals surface area contributed by atoms with E-state index in [0.29, 0.717) is 24.6 Å². The zero-order valence-corrected chi connectivity index (χ0v) is 11.1. The van der Waals surface area contributed by atoms with Crippen molar-refractivity contribution in [3.8, 4) is 0 Å². The third kappa shape index (κ3) is 2.76. The molecule has 0 unspecified atom stereocenters. The van der Waals surface area contributed by atoms with E-state index in [1.54, 1.807) is 16.0 Å². The molecule has 0 amide bonds. The maximum atomic E-state index is 11.1. The summed E-state index contributed by atoms with van der Waals surface area (Å²) < 4.78 is 1.70. The van der Waals surface area contributed by atoms with E-state index in [0.717, 1.165) is 4.88 Å². The second kappa shape index (κ2) is 5.30. The Morgan fingerprint density at radius 3 is 2.89 bits per heavy atom. The summed E-state index contributed by atoms with van der Waals surface area (Å²) >= 11 is 1.61. The molecule has 2 heterocycles. The van der Waals surface area contributed by atoms with Crippen LogP contribution in [0.1, 0.15) is 34.9 Å². The third-order valence-corrected chi connectivity index (χ3v) is 3.38. The Morgan fingerprint density at radius 1 is 1.56 bits per heavy atom. The molecule has 0 fully saturated rings. The highest BCUT2D eigenvalue weighted by Crippen LogP contribution is 2.17. The molecule has 2 aromatic heterocycles. The molecule has 0 aliphatic heterocycles. The first-order valence-corrected chi connectivity index (χ1v) is 6.64. The molecule has 2 rings (SSSR count). The molecule has 18 heavy (non-hydrogen) atoms. The average Bonchev–Trinajstić information content (AvgIpc) is 2.89. The van der Waals surface area contributed by atoms with Crippen LogP contribution in [0.25, 0.3) is 0 Å². The topological polar surface area (TPSA) is 68.0 Å². The van der Waals surface area contributed by atoms with Crippen LogP contribution < -0.4 is 0 Å². The van der Waals surface area contributed by atoms with Gasteiger partial charge in [-0.25, -0.2) is 9.48 Å². The predicted molar refractivity (Wildman–Crippen MR) is 68.9 cm³/mol. The number of carboxylic acid groups (broad SMARTS) is 1. The molecule has 1 N–H and O–H groups in total. The van der Waals surface area contributed by atoms with Gasteiger partial charge in [-0.3, -0.25) is 0 Å². The molecular formula is C12H15N3O2S. The Hall–Kier alpha value is -1.69. The highest BCUT2D eigenvalue weighted by atomic mass is 32.1. The maximum absolute atomic E-state index is 11.1. The monoisotopic (exact) mass is 265 g/mol. The molecule has 0 atom stereocenters. The molecule has 2 aromatic rings. The zero-order chi connectivity index (χ0) is 13.1. The first-order valence-electron chi connectivity index (χ1n) is 5.76. The van der Waals surface area contributed by atoms with Crippen molar-refractivity contribution in [2.45, 2.75) is 26.8 Å². The van der Waals surface area contributed by atoms with Gasteiger partial charge in [0, 0.05) is 17.8 Å². The molecule has 0 bridgehead atoms. The van der Waals surface area contributed by atoms with E-state index in [2.05, 4.69) is 24.2 Å². The Morgan fingerprint density at radius 2 is 2.33 bits per heavy atom. The van der Waals surface area contributed by atoms with Gasteiger partial charge in [0.25, 0.3) is 0 Å². The molecule has 0 aromatic carbocycles. The van der Waals surface area contributed by atoms with Crippen LogP contribution in [0.3, 0.4) is 0 Å². The summed E-state index contributed by atoms with van der Waals surface area (Å²) in [5.41, 5.74) is 0.739. The van der Waals surface area contributed by atoms with Crippen molar-refractivity contribution >= 4 is 17.3 Å². The van der Waals surface area contributed by atoms with E-state index >= 15 is 0 Å². The quantitative estimate of drug-likeness (QED) is 0.900. The molecule has 6 heteroatoms. The average molecular weight is 265 g/mol. The lowest BCUT2D eigenvalue weighted by Gasteiger charge is -2.08. The molecule has 0 aliphatic rings. The normalized spacial score (nSPS) is 11.1. The summed E-state index contributed by atoms with van der Waals surface area (Å²) in [5.74, 6) is -0.619. The van der Waals surface area contributed by atoms with E-state index in [1.807, 2.05) is 17.5 Å². The number of nitrogens with zero attached hydrogens (tertiary/aromatic N) is 3. The fourth-order valence-electron chi connectivity index (χ4n) is 1.74. The van der Waals surface area contributed by atoms with Gasteiger partial charge in [0.05, 0.1) is 5.69 Å². The first-order chi connectivity index (χ1) is 8.58. The van der Waals surface area contributed by atoms with Crippen LogP contribution in [0, 0.1) is 5.92 Å². The second-order valence-corrected chi connectivity index (χ2v) is 5.55. The number of carboxylic acids is 1. The van der Waals surface area contributed by atoms with Gasteiger partial charge in [-0.2, -0.15) is 0 Å². The molecule has 5 nitrogen and oxygen atoms in total. The largest absolute Gasteiger partial charge is 0.476 e. The summed E-state index contributed by atoms with van der Waals surface area (Å²) in [4.78, 5) is 12.3. The van der Waals surface area contributed by atoms with Crippen molar-refractivity contribution in [3.63, 3.8) is 0 Å². The second-order valence-electron chi connectivity index (χ2n) is 4.52. The van der Waals surface area contributed by atoms with Crippen molar-refractivity contribution in [1.29, 1.82) is 0 Å². The highest BCUT2D eigenvalue weighted by Gasteiger charge is 2.19. The number of thiophene rings is 1. The van der Waals surface area contributed by atoms with Crippen LogP contribution in [0.2, 0.25) is 0 Å². The highest BCUT2D eigenvalue weighted by molar-refractivity contribution is 7.09. The summed E-state index contributed by atoms with van der Waals surface area (Å²) in [5, 5.41) is 18.8. The summed E-state index contributed by atoms with van der Waals surface area (Å²) in [6.45, 7) is 4.81. The zero-order valence-electron chi connectivity index (χ0n) is 10.3. The Balaban J connectivity index is 2.34. The van der Waals surface area contributed by atoms with Crippen molar-refractivity contribution < 1.29 is 9.90 Å². The lowest BCUT2D eigenvalue weighted by atomic mass is 10.2. The van der Waals surface area contributed by atoms with Crippen molar-refractivity contribution in [2.75, 3.05) is 0 Å². The fourth-order valence-corrected chi connectivity index (χ4v) is 2.45. The van der Waals surface area contributed by atoms with Crippen LogP contribution in [0.5, 0.6) is 0 Å². The van der Waals surface area contributed by atoms with Gasteiger partial charge >= 0.3 is 5.97 Å². The van der Waals surface area contributed by atoms with Gasteiger partial charge in [0.1, 0.15) is 0 Å².